The molecule has 2 atom stereocenters. The van der Waals surface area contributed by atoms with Crippen LogP contribution in [0.2, 0.25) is 4.34 Å². The molecule has 0 aliphatic heterocycles. The van der Waals surface area contributed by atoms with Crippen molar-refractivity contribution < 1.29 is 12.8 Å². The maximum atomic E-state index is 12.9. The highest BCUT2D eigenvalue weighted by Gasteiger charge is 2.40. The third-order valence-corrected chi connectivity index (χ3v) is 8.13. The topological polar surface area (TPSA) is 50.5 Å². The first-order valence-corrected chi connectivity index (χ1v) is 10.4. The Bertz CT molecular complexity index is 822. The van der Waals surface area contributed by atoms with Crippen molar-refractivity contribution in [3.05, 3.63) is 40.1 Å². The minimum Gasteiger partial charge on any atom is -0.464 e. The fourth-order valence-electron chi connectivity index (χ4n) is 2.88. The smallest absolute Gasteiger partial charge is 0.253 e. The highest BCUT2D eigenvalue weighted by atomic mass is 35.5. The van der Waals surface area contributed by atoms with Crippen LogP contribution in [0.5, 0.6) is 0 Å². The van der Waals surface area contributed by atoms with Crippen molar-refractivity contribution in [2.45, 2.75) is 48.9 Å². The number of thiophene rings is 1. The summed E-state index contributed by atoms with van der Waals surface area (Å²) < 4.78 is 34.0. The Morgan fingerprint density at radius 1 is 1.30 bits per heavy atom. The lowest BCUT2D eigenvalue weighted by Crippen LogP contribution is -2.32. The zero-order valence-corrected chi connectivity index (χ0v) is 15.1. The molecule has 0 aromatic carbocycles. The predicted molar refractivity (Wildman–Crippen MR) is 90.3 cm³/mol. The van der Waals surface area contributed by atoms with Crippen molar-refractivity contribution in [1.82, 2.24) is 4.31 Å². The number of halogens is 1. The van der Waals surface area contributed by atoms with Crippen LogP contribution in [0.3, 0.4) is 0 Å². The van der Waals surface area contributed by atoms with Crippen LogP contribution in [-0.4, -0.2) is 18.8 Å². The number of sulfonamides is 1. The highest BCUT2D eigenvalue weighted by Crippen LogP contribution is 2.47. The zero-order chi connectivity index (χ0) is 16.2. The molecule has 2 heterocycles. The van der Waals surface area contributed by atoms with E-state index in [2.05, 4.69) is 6.92 Å². The molecule has 0 radical (unpaired) electrons. The van der Waals surface area contributed by atoms with Crippen LogP contribution in [0.25, 0.3) is 0 Å². The number of hydrogen-bond donors (Lipinski definition) is 0. The summed E-state index contributed by atoms with van der Waals surface area (Å²) in [5.74, 6) is 2.88. The van der Waals surface area contributed by atoms with Crippen LogP contribution in [0, 0.1) is 5.92 Å². The van der Waals surface area contributed by atoms with Gasteiger partial charge in [-0.2, -0.15) is 4.31 Å². The van der Waals surface area contributed by atoms with E-state index in [1.807, 2.05) is 12.1 Å². The molecule has 2 aromatic heterocycles. The highest BCUT2D eigenvalue weighted by molar-refractivity contribution is 7.91. The van der Waals surface area contributed by atoms with Crippen LogP contribution in [0.4, 0.5) is 0 Å². The van der Waals surface area contributed by atoms with Gasteiger partial charge in [-0.3, -0.25) is 0 Å². The van der Waals surface area contributed by atoms with Crippen LogP contribution in [0.1, 0.15) is 43.6 Å². The summed E-state index contributed by atoms with van der Waals surface area (Å²) in [6.45, 7) is 2.50. The second kappa shape index (κ2) is 5.62. The molecule has 4 nitrogen and oxygen atoms in total. The molecule has 7 heteroatoms. The summed E-state index contributed by atoms with van der Waals surface area (Å²) >= 11 is 7.01. The summed E-state index contributed by atoms with van der Waals surface area (Å²) in [4.78, 5) is 0. The van der Waals surface area contributed by atoms with E-state index < -0.39 is 10.0 Å². The quantitative estimate of drug-likeness (QED) is 0.752. The molecule has 2 unspecified atom stereocenters. The van der Waals surface area contributed by atoms with Gasteiger partial charge in [-0.25, -0.2) is 8.42 Å². The van der Waals surface area contributed by atoms with Gasteiger partial charge in [0.05, 0.1) is 10.9 Å². The summed E-state index contributed by atoms with van der Waals surface area (Å²) in [5, 5.41) is 0. The molecule has 4 rings (SSSR count). The largest absolute Gasteiger partial charge is 0.464 e. The first kappa shape index (κ1) is 15.7. The Labute approximate surface area is 145 Å². The van der Waals surface area contributed by atoms with Crippen molar-refractivity contribution in [3.63, 3.8) is 0 Å². The van der Waals surface area contributed by atoms with E-state index in [1.165, 1.54) is 0 Å². The number of hydrogen-bond acceptors (Lipinski definition) is 4. The molecule has 0 spiro atoms. The molecular weight excluding hydrogens is 354 g/mol. The van der Waals surface area contributed by atoms with Gasteiger partial charge in [-0.1, -0.05) is 18.5 Å². The van der Waals surface area contributed by atoms with Crippen molar-refractivity contribution in [2.24, 2.45) is 5.92 Å². The standard InChI is InChI=1S/C16H18ClNO3S2/c1-10-8-13(10)14-5-4-12(21-14)9-18(11-2-3-11)23(19,20)16-7-6-15(17)22-16/h4-7,10-11,13H,2-3,8-9H2,1H3. The zero-order valence-electron chi connectivity index (χ0n) is 12.7. The Morgan fingerprint density at radius 3 is 2.61 bits per heavy atom. The average Bonchev–Trinajstić information content (AvgIpc) is 3.37. The van der Waals surface area contributed by atoms with Crippen LogP contribution in [0.15, 0.2) is 32.9 Å². The second-order valence-corrected chi connectivity index (χ2v) is 10.3. The van der Waals surface area contributed by atoms with Gasteiger partial charge < -0.3 is 4.42 Å². The van der Waals surface area contributed by atoms with E-state index in [0.29, 0.717) is 26.9 Å². The minimum atomic E-state index is -3.51. The molecule has 0 N–H and O–H groups in total. The fourth-order valence-corrected chi connectivity index (χ4v) is 6.14. The Balaban J connectivity index is 1.57. The molecule has 23 heavy (non-hydrogen) atoms. The average molecular weight is 372 g/mol. The molecule has 0 saturated heterocycles. The van der Waals surface area contributed by atoms with Crippen molar-refractivity contribution in [3.8, 4) is 0 Å². The minimum absolute atomic E-state index is 0.0780. The van der Waals surface area contributed by atoms with E-state index >= 15 is 0 Å². The van der Waals surface area contributed by atoms with Crippen LogP contribution in [-0.2, 0) is 16.6 Å². The maximum absolute atomic E-state index is 12.9. The first-order valence-electron chi connectivity index (χ1n) is 7.81. The molecule has 124 valence electrons. The van der Waals surface area contributed by atoms with Crippen molar-refractivity contribution in [2.75, 3.05) is 0 Å². The van der Waals surface area contributed by atoms with E-state index in [-0.39, 0.29) is 6.04 Å². The van der Waals surface area contributed by atoms with E-state index in [1.54, 1.807) is 16.4 Å². The summed E-state index contributed by atoms with van der Waals surface area (Å²) in [6, 6.07) is 7.19. The fraction of sp³-hybridized carbons (Fsp3) is 0.500. The normalized spacial score (nSPS) is 24.3. The van der Waals surface area contributed by atoms with Gasteiger partial charge in [0.25, 0.3) is 10.0 Å². The van der Waals surface area contributed by atoms with Gasteiger partial charge in [0.1, 0.15) is 15.7 Å². The Hall–Kier alpha value is -0.820. The Morgan fingerprint density at radius 2 is 2.04 bits per heavy atom. The summed E-state index contributed by atoms with van der Waals surface area (Å²) in [7, 11) is -3.51. The number of nitrogens with zero attached hydrogens (tertiary/aromatic N) is 1. The van der Waals surface area contributed by atoms with E-state index in [0.717, 1.165) is 42.1 Å². The second-order valence-electron chi connectivity index (χ2n) is 6.46. The summed E-state index contributed by atoms with van der Waals surface area (Å²) in [5.41, 5.74) is 0. The number of rotatable bonds is 6. The lowest BCUT2D eigenvalue weighted by Gasteiger charge is -2.19. The molecule has 2 aromatic rings. The third kappa shape index (κ3) is 3.09. The molecular formula is C16H18ClNO3S2. The van der Waals surface area contributed by atoms with Crippen molar-refractivity contribution in [1.29, 1.82) is 0 Å². The molecule has 2 saturated carbocycles. The number of furan rings is 1. The lowest BCUT2D eigenvalue weighted by atomic mass is 10.3. The van der Waals surface area contributed by atoms with Gasteiger partial charge in [-0.15, -0.1) is 11.3 Å². The van der Waals surface area contributed by atoms with Crippen LogP contribution < -0.4 is 0 Å². The van der Waals surface area contributed by atoms with E-state index in [9.17, 15) is 8.42 Å². The van der Waals surface area contributed by atoms with Gasteiger partial charge in [0.15, 0.2) is 0 Å². The maximum Gasteiger partial charge on any atom is 0.253 e. The van der Waals surface area contributed by atoms with Gasteiger partial charge in [0.2, 0.25) is 0 Å². The Kier molecular flexibility index (Phi) is 3.83. The summed E-state index contributed by atoms with van der Waals surface area (Å²) in [6.07, 6.45) is 2.97. The monoisotopic (exact) mass is 371 g/mol. The lowest BCUT2D eigenvalue weighted by molar-refractivity contribution is 0.348. The van der Waals surface area contributed by atoms with Gasteiger partial charge >= 0.3 is 0 Å². The van der Waals surface area contributed by atoms with Gasteiger partial charge in [-0.05, 0) is 49.4 Å². The van der Waals surface area contributed by atoms with E-state index in [4.69, 9.17) is 16.0 Å². The third-order valence-electron chi connectivity index (χ3n) is 4.53. The van der Waals surface area contributed by atoms with Crippen molar-refractivity contribution >= 4 is 33.0 Å². The SMILES string of the molecule is CC1CC1c1ccc(CN(C2CC2)S(=O)(=O)c2ccc(Cl)s2)o1. The molecule has 2 fully saturated rings. The predicted octanol–water partition coefficient (Wildman–Crippen LogP) is 4.47. The van der Waals surface area contributed by atoms with Crippen LogP contribution >= 0.6 is 22.9 Å². The molecule has 0 amide bonds. The molecule has 2 aliphatic carbocycles. The molecule has 2 aliphatic rings. The van der Waals surface area contributed by atoms with Gasteiger partial charge in [0, 0.05) is 12.0 Å². The first-order chi connectivity index (χ1) is 10.9. The molecule has 0 bridgehead atoms.